The van der Waals surface area contributed by atoms with E-state index in [9.17, 15) is 4.79 Å². The number of anilines is 2. The van der Waals surface area contributed by atoms with E-state index in [4.69, 9.17) is 9.57 Å². The fraction of sp³-hybridized carbons (Fsp3) is 0.476. The molecule has 4 heterocycles. The van der Waals surface area contributed by atoms with Crippen LogP contribution >= 0.6 is 0 Å². The number of ether oxygens (including phenoxy) is 1. The zero-order valence-electron chi connectivity index (χ0n) is 17.3. The highest BCUT2D eigenvalue weighted by Crippen LogP contribution is 2.18. The quantitative estimate of drug-likeness (QED) is 0.507. The average Bonchev–Trinajstić information content (AvgIpc) is 2.84. The fourth-order valence-electron chi connectivity index (χ4n) is 3.56. The van der Waals surface area contributed by atoms with Crippen molar-refractivity contribution >= 4 is 23.7 Å². The van der Waals surface area contributed by atoms with Gasteiger partial charge in [0, 0.05) is 50.6 Å². The lowest BCUT2D eigenvalue weighted by Crippen LogP contribution is -2.43. The van der Waals surface area contributed by atoms with Gasteiger partial charge in [-0.2, -0.15) is 0 Å². The minimum Gasteiger partial charge on any atom is -0.364 e. The molecule has 2 saturated heterocycles. The van der Waals surface area contributed by atoms with Gasteiger partial charge >= 0.3 is 0 Å². The summed E-state index contributed by atoms with van der Waals surface area (Å²) >= 11 is 0. The molecule has 2 N–H and O–H groups in total. The summed E-state index contributed by atoms with van der Waals surface area (Å²) in [4.78, 5) is 36.7. The van der Waals surface area contributed by atoms with Crippen molar-refractivity contribution in [3.05, 3.63) is 42.6 Å². The van der Waals surface area contributed by atoms with Crippen LogP contribution in [0.25, 0.3) is 6.08 Å². The summed E-state index contributed by atoms with van der Waals surface area (Å²) in [7, 11) is 0. The Kier molecular flexibility index (Phi) is 7.35. The van der Waals surface area contributed by atoms with Crippen LogP contribution in [-0.2, 0) is 14.4 Å². The lowest BCUT2D eigenvalue weighted by Gasteiger charge is -2.33. The summed E-state index contributed by atoms with van der Waals surface area (Å²) in [6.45, 7) is 2.40. The molecular weight excluding hydrogens is 398 g/mol. The van der Waals surface area contributed by atoms with E-state index in [1.165, 1.54) is 6.08 Å². The number of piperidine rings is 1. The zero-order valence-corrected chi connectivity index (χ0v) is 17.3. The summed E-state index contributed by atoms with van der Waals surface area (Å²) in [5, 5.41) is 3.42. The Balaban J connectivity index is 1.24. The number of hydroxylamine groups is 1. The van der Waals surface area contributed by atoms with E-state index in [2.05, 4.69) is 35.6 Å². The van der Waals surface area contributed by atoms with E-state index in [-0.39, 0.29) is 18.2 Å². The maximum atomic E-state index is 11.9. The van der Waals surface area contributed by atoms with Gasteiger partial charge in [0.05, 0.1) is 18.1 Å². The Morgan fingerprint density at radius 2 is 2.03 bits per heavy atom. The smallest absolute Gasteiger partial charge is 0.267 e. The van der Waals surface area contributed by atoms with Gasteiger partial charge in [0.1, 0.15) is 5.82 Å². The molecule has 2 aliphatic rings. The predicted molar refractivity (Wildman–Crippen MR) is 115 cm³/mol. The molecule has 0 spiro atoms. The largest absolute Gasteiger partial charge is 0.364 e. The molecule has 2 fully saturated rings. The van der Waals surface area contributed by atoms with Gasteiger partial charge in [-0.3, -0.25) is 9.78 Å². The maximum Gasteiger partial charge on any atom is 0.267 e. The highest BCUT2D eigenvalue weighted by molar-refractivity contribution is 5.90. The van der Waals surface area contributed by atoms with Crippen molar-refractivity contribution < 1.29 is 14.4 Å². The monoisotopic (exact) mass is 425 g/mol. The van der Waals surface area contributed by atoms with E-state index >= 15 is 0 Å². The van der Waals surface area contributed by atoms with Gasteiger partial charge in [0.2, 0.25) is 5.95 Å². The fourth-order valence-corrected chi connectivity index (χ4v) is 3.56. The summed E-state index contributed by atoms with van der Waals surface area (Å²) in [5.41, 5.74) is 2.96. The van der Waals surface area contributed by atoms with Crippen molar-refractivity contribution in [3.8, 4) is 0 Å². The van der Waals surface area contributed by atoms with E-state index in [0.717, 1.165) is 51.1 Å². The van der Waals surface area contributed by atoms with Gasteiger partial charge in [-0.1, -0.05) is 0 Å². The molecule has 10 nitrogen and oxygen atoms in total. The standard InChI is InChI=1S/C21H27N7O3/c29-19(27-31-20-6-1-2-12-30-20)8-7-16-13-25-18(14-24-16)26-17-5-3-11-28(15-17)21-22-9-4-10-23-21/h4,7-10,13-14,17,20H,1-3,5-6,11-12,15H2,(H,25,26)(H,27,29)/b8-7+/t17-,20?/m1/s1. The zero-order chi connectivity index (χ0) is 21.3. The Morgan fingerprint density at radius 3 is 2.81 bits per heavy atom. The number of hydrogen-bond donors (Lipinski definition) is 2. The van der Waals surface area contributed by atoms with E-state index < -0.39 is 0 Å². The van der Waals surface area contributed by atoms with Crippen LogP contribution in [0.2, 0.25) is 0 Å². The third kappa shape index (κ3) is 6.43. The first-order valence-corrected chi connectivity index (χ1v) is 10.6. The molecule has 1 unspecified atom stereocenters. The second-order valence-corrected chi connectivity index (χ2v) is 7.52. The molecule has 2 aromatic heterocycles. The van der Waals surface area contributed by atoms with Crippen LogP contribution in [0.1, 0.15) is 37.8 Å². The van der Waals surface area contributed by atoms with E-state index in [1.807, 2.05) is 6.07 Å². The van der Waals surface area contributed by atoms with E-state index in [1.54, 1.807) is 30.9 Å². The molecular formula is C21H27N7O3. The van der Waals surface area contributed by atoms with Crippen molar-refractivity contribution in [2.45, 2.75) is 44.4 Å². The Morgan fingerprint density at radius 1 is 1.13 bits per heavy atom. The molecule has 10 heteroatoms. The molecule has 0 bridgehead atoms. The van der Waals surface area contributed by atoms with Crippen molar-refractivity contribution in [2.24, 2.45) is 0 Å². The highest BCUT2D eigenvalue weighted by Gasteiger charge is 2.21. The number of nitrogens with zero attached hydrogens (tertiary/aromatic N) is 5. The number of amides is 1. The lowest BCUT2D eigenvalue weighted by atomic mass is 10.1. The van der Waals surface area contributed by atoms with Crippen LogP contribution < -0.4 is 15.7 Å². The predicted octanol–water partition coefficient (Wildman–Crippen LogP) is 1.94. The Hall–Kier alpha value is -3.11. The second kappa shape index (κ2) is 10.8. The Bertz CT molecular complexity index is 857. The molecule has 2 aromatic rings. The van der Waals surface area contributed by atoms with Gasteiger partial charge in [-0.25, -0.2) is 25.3 Å². The van der Waals surface area contributed by atoms with Gasteiger partial charge < -0.3 is 15.0 Å². The number of nitrogens with one attached hydrogen (secondary N) is 2. The summed E-state index contributed by atoms with van der Waals surface area (Å²) < 4.78 is 5.40. The minimum absolute atomic E-state index is 0.234. The van der Waals surface area contributed by atoms with Crippen LogP contribution in [0, 0.1) is 0 Å². The second-order valence-electron chi connectivity index (χ2n) is 7.52. The molecule has 0 saturated carbocycles. The highest BCUT2D eigenvalue weighted by atomic mass is 16.8. The first kappa shape index (κ1) is 21.1. The van der Waals surface area contributed by atoms with Gasteiger partial charge in [0.15, 0.2) is 6.29 Å². The topological polar surface area (TPSA) is 114 Å². The lowest BCUT2D eigenvalue weighted by molar-refractivity contribution is -0.198. The number of carbonyl (C=O) groups is 1. The Labute approximate surface area is 181 Å². The van der Waals surface area contributed by atoms with Crippen LogP contribution in [0.5, 0.6) is 0 Å². The maximum absolute atomic E-state index is 11.9. The third-order valence-electron chi connectivity index (χ3n) is 5.11. The van der Waals surface area contributed by atoms with Crippen LogP contribution in [0.4, 0.5) is 11.8 Å². The van der Waals surface area contributed by atoms with Crippen molar-refractivity contribution in [3.63, 3.8) is 0 Å². The molecule has 2 atom stereocenters. The molecule has 1 amide bonds. The SMILES string of the molecule is O=C(/C=C/c1cnc(N[C@@H]2CCCN(c3ncccn3)C2)cn1)NOC1CCCCO1. The van der Waals surface area contributed by atoms with Gasteiger partial charge in [-0.05, 0) is 37.8 Å². The van der Waals surface area contributed by atoms with Gasteiger partial charge in [0.25, 0.3) is 5.91 Å². The summed E-state index contributed by atoms with van der Waals surface area (Å²) in [5.74, 6) is 1.07. The number of carbonyl (C=O) groups excluding carboxylic acids is 1. The van der Waals surface area contributed by atoms with Crippen LogP contribution in [0.3, 0.4) is 0 Å². The number of hydrogen-bond acceptors (Lipinski definition) is 9. The van der Waals surface area contributed by atoms with E-state index in [0.29, 0.717) is 18.1 Å². The summed E-state index contributed by atoms with van der Waals surface area (Å²) in [6, 6.07) is 2.05. The number of rotatable bonds is 7. The van der Waals surface area contributed by atoms with Crippen LogP contribution in [-0.4, -0.2) is 57.9 Å². The molecule has 164 valence electrons. The minimum atomic E-state index is -0.375. The normalized spacial score (nSPS) is 21.7. The van der Waals surface area contributed by atoms with Crippen LogP contribution in [0.15, 0.2) is 36.9 Å². The molecule has 2 aliphatic heterocycles. The van der Waals surface area contributed by atoms with Crippen molar-refractivity contribution in [1.29, 1.82) is 0 Å². The first-order valence-electron chi connectivity index (χ1n) is 10.6. The molecule has 0 aliphatic carbocycles. The van der Waals surface area contributed by atoms with Crippen molar-refractivity contribution in [1.82, 2.24) is 25.4 Å². The molecule has 31 heavy (non-hydrogen) atoms. The average molecular weight is 425 g/mol. The molecule has 0 radical (unpaired) electrons. The first-order chi connectivity index (χ1) is 15.3. The third-order valence-corrected chi connectivity index (χ3v) is 5.11. The molecule has 0 aromatic carbocycles. The van der Waals surface area contributed by atoms with Gasteiger partial charge in [-0.15, -0.1) is 0 Å². The molecule has 4 rings (SSSR count). The van der Waals surface area contributed by atoms with Crippen molar-refractivity contribution in [2.75, 3.05) is 29.9 Å². The number of aromatic nitrogens is 4. The summed E-state index contributed by atoms with van der Waals surface area (Å²) in [6.07, 6.45) is 14.3.